The van der Waals surface area contributed by atoms with Crippen molar-refractivity contribution >= 4 is 11.6 Å². The topological polar surface area (TPSA) is 83.0 Å². The van der Waals surface area contributed by atoms with Crippen molar-refractivity contribution in [3.8, 4) is 0 Å². The minimum atomic E-state index is -0.312. The maximum atomic E-state index is 13.1. The summed E-state index contributed by atoms with van der Waals surface area (Å²) < 4.78 is 15.4. The number of benzene rings is 1. The highest BCUT2D eigenvalue weighted by Gasteiger charge is 2.44. The molecule has 1 saturated heterocycles. The van der Waals surface area contributed by atoms with Gasteiger partial charge in [-0.2, -0.15) is 0 Å². The van der Waals surface area contributed by atoms with Gasteiger partial charge in [0.2, 0.25) is 5.91 Å². The summed E-state index contributed by atoms with van der Waals surface area (Å²) in [4.78, 5) is 17.4. The molecule has 5 rings (SSSR count). The second-order valence-electron chi connectivity index (χ2n) is 7.97. The van der Waals surface area contributed by atoms with E-state index >= 15 is 0 Å². The standard InChI is InChI=1S/C20H25FN6O/c21-13-2-4-14(5-3-13)24-20(28)19-15-9-12(1-6-16(15)25-26-19)17-10-23-18-11-22-7-8-27(17)18/h2-5,10,12,15-16,19,22,25-26H,1,6-9,11H2,(H,24,28). The van der Waals surface area contributed by atoms with Crippen LogP contribution in [0.25, 0.3) is 0 Å². The molecule has 3 heterocycles. The van der Waals surface area contributed by atoms with Gasteiger partial charge in [-0.3, -0.25) is 10.2 Å². The van der Waals surface area contributed by atoms with Crippen LogP contribution in [0.15, 0.2) is 30.5 Å². The first-order chi connectivity index (χ1) is 13.7. The van der Waals surface area contributed by atoms with Crippen LogP contribution < -0.4 is 21.5 Å². The molecule has 4 unspecified atom stereocenters. The molecule has 148 valence electrons. The fourth-order valence-corrected chi connectivity index (χ4v) is 4.88. The Morgan fingerprint density at radius 3 is 2.93 bits per heavy atom. The smallest absolute Gasteiger partial charge is 0.243 e. The van der Waals surface area contributed by atoms with Crippen LogP contribution in [-0.4, -0.2) is 34.1 Å². The summed E-state index contributed by atoms with van der Waals surface area (Å²) in [6.45, 7) is 2.76. The highest BCUT2D eigenvalue weighted by atomic mass is 19.1. The number of hydrogen-bond acceptors (Lipinski definition) is 5. The molecule has 2 aromatic rings. The number of aromatic nitrogens is 2. The maximum Gasteiger partial charge on any atom is 0.243 e. The predicted octanol–water partition coefficient (Wildman–Crippen LogP) is 1.49. The van der Waals surface area contributed by atoms with Crippen LogP contribution >= 0.6 is 0 Å². The lowest BCUT2D eigenvalue weighted by atomic mass is 9.74. The summed E-state index contributed by atoms with van der Waals surface area (Å²) in [5, 5.41) is 6.27. The molecule has 1 aliphatic carbocycles. The van der Waals surface area contributed by atoms with E-state index in [9.17, 15) is 9.18 Å². The van der Waals surface area contributed by atoms with Crippen molar-refractivity contribution in [1.82, 2.24) is 25.7 Å². The number of halogens is 1. The molecular weight excluding hydrogens is 359 g/mol. The Labute approximate surface area is 163 Å². The highest BCUT2D eigenvalue weighted by molar-refractivity contribution is 5.95. The first-order valence-electron chi connectivity index (χ1n) is 10.0. The lowest BCUT2D eigenvalue weighted by Crippen LogP contribution is -2.42. The van der Waals surface area contributed by atoms with Gasteiger partial charge in [-0.25, -0.2) is 14.8 Å². The van der Waals surface area contributed by atoms with Gasteiger partial charge in [-0.1, -0.05) is 0 Å². The van der Waals surface area contributed by atoms with Crippen molar-refractivity contribution in [2.24, 2.45) is 5.92 Å². The molecule has 2 fully saturated rings. The second kappa shape index (κ2) is 7.27. The molecule has 3 aliphatic rings. The van der Waals surface area contributed by atoms with E-state index in [0.29, 0.717) is 17.6 Å². The number of imidazole rings is 1. The molecule has 8 heteroatoms. The molecule has 28 heavy (non-hydrogen) atoms. The van der Waals surface area contributed by atoms with Crippen LogP contribution in [-0.2, 0) is 17.9 Å². The van der Waals surface area contributed by atoms with Crippen LogP contribution in [0.5, 0.6) is 0 Å². The number of nitrogens with zero attached hydrogens (tertiary/aromatic N) is 2. The fraction of sp³-hybridized carbons (Fsp3) is 0.500. The third-order valence-corrected chi connectivity index (χ3v) is 6.33. The van der Waals surface area contributed by atoms with Crippen molar-refractivity contribution in [3.63, 3.8) is 0 Å². The Hall–Kier alpha value is -2.29. The van der Waals surface area contributed by atoms with Crippen LogP contribution in [0.3, 0.4) is 0 Å². The summed E-state index contributed by atoms with van der Waals surface area (Å²) in [5.74, 6) is 1.35. The van der Waals surface area contributed by atoms with Gasteiger partial charge in [0, 0.05) is 48.5 Å². The van der Waals surface area contributed by atoms with Gasteiger partial charge in [0.15, 0.2) is 0 Å². The number of amides is 1. The molecule has 0 bridgehead atoms. The molecule has 4 atom stereocenters. The molecule has 1 amide bonds. The summed E-state index contributed by atoms with van der Waals surface area (Å²) in [6, 6.07) is 5.88. The van der Waals surface area contributed by atoms with E-state index in [-0.39, 0.29) is 23.7 Å². The van der Waals surface area contributed by atoms with Crippen LogP contribution in [0.1, 0.15) is 36.7 Å². The van der Waals surface area contributed by atoms with Gasteiger partial charge in [0.1, 0.15) is 17.7 Å². The normalized spacial score (nSPS) is 29.2. The third-order valence-electron chi connectivity index (χ3n) is 6.33. The van der Waals surface area contributed by atoms with Gasteiger partial charge < -0.3 is 15.2 Å². The highest BCUT2D eigenvalue weighted by Crippen LogP contribution is 2.40. The average Bonchev–Trinajstić information content (AvgIpc) is 3.33. The number of anilines is 1. The number of rotatable bonds is 3. The number of nitrogens with one attached hydrogen (secondary N) is 4. The van der Waals surface area contributed by atoms with Crippen molar-refractivity contribution in [2.45, 2.75) is 50.4 Å². The molecular formula is C20H25FN6O. The zero-order valence-electron chi connectivity index (χ0n) is 15.6. The minimum Gasteiger partial charge on any atom is -0.329 e. The van der Waals surface area contributed by atoms with Crippen molar-refractivity contribution < 1.29 is 9.18 Å². The van der Waals surface area contributed by atoms with Gasteiger partial charge in [-0.15, -0.1) is 0 Å². The molecule has 1 aromatic heterocycles. The lowest BCUT2D eigenvalue weighted by molar-refractivity contribution is -0.119. The predicted molar refractivity (Wildman–Crippen MR) is 103 cm³/mol. The number of hydrazine groups is 1. The Morgan fingerprint density at radius 1 is 1.21 bits per heavy atom. The van der Waals surface area contributed by atoms with Crippen molar-refractivity contribution in [3.05, 3.63) is 47.8 Å². The molecule has 1 aromatic carbocycles. The van der Waals surface area contributed by atoms with E-state index in [0.717, 1.165) is 44.7 Å². The van der Waals surface area contributed by atoms with Crippen LogP contribution in [0, 0.1) is 11.7 Å². The zero-order valence-corrected chi connectivity index (χ0v) is 15.6. The van der Waals surface area contributed by atoms with Crippen molar-refractivity contribution in [2.75, 3.05) is 11.9 Å². The van der Waals surface area contributed by atoms with Gasteiger partial charge in [0.25, 0.3) is 0 Å². The van der Waals surface area contributed by atoms with E-state index < -0.39 is 0 Å². The van der Waals surface area contributed by atoms with Crippen LogP contribution in [0.2, 0.25) is 0 Å². The van der Waals surface area contributed by atoms with Crippen LogP contribution in [0.4, 0.5) is 10.1 Å². The molecule has 4 N–H and O–H groups in total. The quantitative estimate of drug-likeness (QED) is 0.645. The largest absolute Gasteiger partial charge is 0.329 e. The van der Waals surface area contributed by atoms with E-state index in [2.05, 4.69) is 31.0 Å². The Kier molecular flexibility index (Phi) is 4.62. The van der Waals surface area contributed by atoms with Gasteiger partial charge in [-0.05, 0) is 43.5 Å². The summed E-state index contributed by atoms with van der Waals surface area (Å²) in [5.41, 5.74) is 8.42. The Bertz CT molecular complexity index is 866. The van der Waals surface area contributed by atoms with E-state index in [4.69, 9.17) is 0 Å². The molecule has 2 aliphatic heterocycles. The van der Waals surface area contributed by atoms with Gasteiger partial charge >= 0.3 is 0 Å². The van der Waals surface area contributed by atoms with E-state index in [1.165, 1.54) is 17.8 Å². The second-order valence-corrected chi connectivity index (χ2v) is 7.97. The van der Waals surface area contributed by atoms with E-state index in [1.54, 1.807) is 12.1 Å². The molecule has 1 saturated carbocycles. The molecule has 0 radical (unpaired) electrons. The number of carbonyl (C=O) groups excluding carboxylic acids is 1. The van der Waals surface area contributed by atoms with Crippen molar-refractivity contribution in [1.29, 1.82) is 0 Å². The molecule has 7 nitrogen and oxygen atoms in total. The fourth-order valence-electron chi connectivity index (χ4n) is 4.88. The summed E-state index contributed by atoms with van der Waals surface area (Å²) in [6.07, 6.45) is 5.10. The molecule has 0 spiro atoms. The maximum absolute atomic E-state index is 13.1. The SMILES string of the molecule is O=C(Nc1ccc(F)cc1)C1NNC2CCC(c3cnc4n3CCNC4)CC21. The first-order valence-corrected chi connectivity index (χ1v) is 10.0. The summed E-state index contributed by atoms with van der Waals surface area (Å²) in [7, 11) is 0. The average molecular weight is 384 g/mol. The summed E-state index contributed by atoms with van der Waals surface area (Å²) >= 11 is 0. The third kappa shape index (κ3) is 3.21. The first kappa shape index (κ1) is 17.8. The monoisotopic (exact) mass is 384 g/mol. The number of hydrogen-bond donors (Lipinski definition) is 4. The van der Waals surface area contributed by atoms with Gasteiger partial charge in [0.05, 0.1) is 6.54 Å². The Balaban J connectivity index is 1.30. The van der Waals surface area contributed by atoms with E-state index in [1.807, 2.05) is 6.20 Å². The Morgan fingerprint density at radius 2 is 2.07 bits per heavy atom. The number of fused-ring (bicyclic) bond motifs is 2. The zero-order chi connectivity index (χ0) is 19.1. The minimum absolute atomic E-state index is 0.0771. The lowest BCUT2D eigenvalue weighted by Gasteiger charge is -2.33. The number of carbonyl (C=O) groups is 1.